The third-order valence-corrected chi connectivity index (χ3v) is 4.62. The van der Waals surface area contributed by atoms with Gasteiger partial charge in [-0.05, 0) is 50.3 Å². The van der Waals surface area contributed by atoms with E-state index in [0.29, 0.717) is 12.0 Å². The van der Waals surface area contributed by atoms with E-state index in [0.717, 1.165) is 12.8 Å². The minimum atomic E-state index is -0.228. The largest absolute Gasteiger partial charge is 0.320 e. The number of benzene rings is 1. The lowest BCUT2D eigenvalue weighted by atomic mass is 9.76. The molecule has 0 bridgehead atoms. The summed E-state index contributed by atoms with van der Waals surface area (Å²) in [4.78, 5) is 2.62. The van der Waals surface area contributed by atoms with Crippen LogP contribution >= 0.6 is 0 Å². The maximum atomic E-state index is 7.01. The van der Waals surface area contributed by atoms with Gasteiger partial charge in [0, 0.05) is 6.04 Å². The van der Waals surface area contributed by atoms with Crippen molar-refractivity contribution in [2.24, 2.45) is 11.7 Å². The van der Waals surface area contributed by atoms with Crippen molar-refractivity contribution < 1.29 is 0 Å². The van der Waals surface area contributed by atoms with Crippen molar-refractivity contribution in [3.05, 3.63) is 35.9 Å². The Balaban J connectivity index is 2.34. The zero-order valence-corrected chi connectivity index (χ0v) is 13.3. The quantitative estimate of drug-likeness (QED) is 0.856. The Bertz CT molecular complexity index is 395. The van der Waals surface area contributed by atoms with Gasteiger partial charge in [-0.25, -0.2) is 0 Å². The van der Waals surface area contributed by atoms with Crippen molar-refractivity contribution in [2.75, 3.05) is 13.1 Å². The summed E-state index contributed by atoms with van der Waals surface area (Å²) in [7, 11) is 0. The second-order valence-corrected chi connectivity index (χ2v) is 6.67. The molecule has 0 spiro atoms. The summed E-state index contributed by atoms with van der Waals surface area (Å²) in [6.45, 7) is 9.27. The molecule has 2 nitrogen and oxygen atoms in total. The molecule has 1 aromatic carbocycles. The van der Waals surface area contributed by atoms with Crippen LogP contribution in [0.5, 0.6) is 0 Å². The highest BCUT2D eigenvalue weighted by Crippen LogP contribution is 2.35. The molecule has 0 radical (unpaired) electrons. The third kappa shape index (κ3) is 3.24. The van der Waals surface area contributed by atoms with E-state index in [1.165, 1.54) is 31.5 Å². The van der Waals surface area contributed by atoms with Gasteiger partial charge in [0.05, 0.1) is 5.54 Å². The molecule has 112 valence electrons. The Morgan fingerprint density at radius 1 is 1.15 bits per heavy atom. The van der Waals surface area contributed by atoms with Crippen molar-refractivity contribution in [2.45, 2.75) is 58.0 Å². The van der Waals surface area contributed by atoms with Gasteiger partial charge >= 0.3 is 0 Å². The van der Waals surface area contributed by atoms with Gasteiger partial charge in [0.25, 0.3) is 0 Å². The molecule has 2 heteroatoms. The molecule has 2 atom stereocenters. The standard InChI is InChI=1S/C18H30N2/c1-4-17(20-12-8-9-13-20)18(19,14-15(2)3)16-10-6-5-7-11-16/h5-7,10-11,15,17H,4,8-9,12-14,19H2,1-3H3. The molecule has 2 rings (SSSR count). The highest BCUT2D eigenvalue weighted by atomic mass is 15.2. The SMILES string of the molecule is CCC(N1CCCC1)C(N)(CC(C)C)c1ccccc1. The number of rotatable bonds is 6. The maximum absolute atomic E-state index is 7.01. The maximum Gasteiger partial charge on any atom is 0.0569 e. The van der Waals surface area contributed by atoms with Crippen molar-refractivity contribution in [1.29, 1.82) is 0 Å². The molecule has 20 heavy (non-hydrogen) atoms. The number of nitrogens with two attached hydrogens (primary N) is 1. The molecule has 0 aromatic heterocycles. The van der Waals surface area contributed by atoms with E-state index in [-0.39, 0.29) is 5.54 Å². The molecule has 1 fully saturated rings. The van der Waals surface area contributed by atoms with E-state index >= 15 is 0 Å². The van der Waals surface area contributed by atoms with Gasteiger partial charge in [-0.2, -0.15) is 0 Å². The average Bonchev–Trinajstić information content (AvgIpc) is 2.93. The predicted octanol–water partition coefficient (Wildman–Crippen LogP) is 3.76. The van der Waals surface area contributed by atoms with Crippen LogP contribution in [0.1, 0.15) is 52.0 Å². The van der Waals surface area contributed by atoms with Gasteiger partial charge in [0.15, 0.2) is 0 Å². The van der Waals surface area contributed by atoms with Crippen LogP contribution < -0.4 is 5.73 Å². The smallest absolute Gasteiger partial charge is 0.0569 e. The van der Waals surface area contributed by atoms with E-state index in [1.54, 1.807) is 0 Å². The molecule has 2 N–H and O–H groups in total. The minimum Gasteiger partial charge on any atom is -0.320 e. The first kappa shape index (κ1) is 15.5. The molecular formula is C18H30N2. The summed E-state index contributed by atoms with van der Waals surface area (Å²) < 4.78 is 0. The van der Waals surface area contributed by atoms with Crippen LogP contribution in [-0.4, -0.2) is 24.0 Å². The fraction of sp³-hybridized carbons (Fsp3) is 0.667. The zero-order valence-electron chi connectivity index (χ0n) is 13.3. The van der Waals surface area contributed by atoms with Gasteiger partial charge < -0.3 is 5.73 Å². The van der Waals surface area contributed by atoms with E-state index in [9.17, 15) is 0 Å². The highest BCUT2D eigenvalue weighted by molar-refractivity contribution is 5.26. The number of likely N-dealkylation sites (tertiary alicyclic amines) is 1. The van der Waals surface area contributed by atoms with Crippen LogP contribution in [0.4, 0.5) is 0 Å². The number of hydrogen-bond acceptors (Lipinski definition) is 2. The number of nitrogens with zero attached hydrogens (tertiary/aromatic N) is 1. The summed E-state index contributed by atoms with van der Waals surface area (Å²) in [6.07, 6.45) is 4.82. The summed E-state index contributed by atoms with van der Waals surface area (Å²) >= 11 is 0. The summed E-state index contributed by atoms with van der Waals surface area (Å²) in [5.41, 5.74) is 8.08. The molecule has 1 aliphatic rings. The molecule has 1 aromatic rings. The first-order chi connectivity index (χ1) is 9.58. The lowest BCUT2D eigenvalue weighted by Gasteiger charge is -2.44. The van der Waals surface area contributed by atoms with E-state index < -0.39 is 0 Å². The van der Waals surface area contributed by atoms with Crippen molar-refractivity contribution in [1.82, 2.24) is 4.90 Å². The van der Waals surface area contributed by atoms with Gasteiger partial charge in [0.2, 0.25) is 0 Å². The second-order valence-electron chi connectivity index (χ2n) is 6.67. The summed E-state index contributed by atoms with van der Waals surface area (Å²) in [5, 5.41) is 0. The molecule has 1 aliphatic heterocycles. The first-order valence-electron chi connectivity index (χ1n) is 8.16. The minimum absolute atomic E-state index is 0.228. The monoisotopic (exact) mass is 274 g/mol. The van der Waals surface area contributed by atoms with Crippen molar-refractivity contribution in [3.8, 4) is 0 Å². The fourth-order valence-corrected chi connectivity index (χ4v) is 3.87. The molecule has 0 saturated carbocycles. The lowest BCUT2D eigenvalue weighted by molar-refractivity contribution is 0.122. The van der Waals surface area contributed by atoms with Gasteiger partial charge in [-0.1, -0.05) is 51.1 Å². The van der Waals surface area contributed by atoms with Crippen LogP contribution in [0.3, 0.4) is 0 Å². The van der Waals surface area contributed by atoms with Crippen molar-refractivity contribution in [3.63, 3.8) is 0 Å². The van der Waals surface area contributed by atoms with Crippen LogP contribution in [-0.2, 0) is 5.54 Å². The first-order valence-corrected chi connectivity index (χ1v) is 8.16. The third-order valence-electron chi connectivity index (χ3n) is 4.62. The molecular weight excluding hydrogens is 244 g/mol. The Hall–Kier alpha value is -0.860. The van der Waals surface area contributed by atoms with Crippen LogP contribution in [0.15, 0.2) is 30.3 Å². The van der Waals surface area contributed by atoms with E-state index in [2.05, 4.69) is 56.0 Å². The lowest BCUT2D eigenvalue weighted by Crippen LogP contribution is -2.56. The van der Waals surface area contributed by atoms with Gasteiger partial charge in [0.1, 0.15) is 0 Å². The molecule has 2 unspecified atom stereocenters. The Labute approximate surface area is 124 Å². The Kier molecular flexibility index (Phi) is 5.22. The normalized spacial score (nSPS) is 21.1. The average molecular weight is 274 g/mol. The van der Waals surface area contributed by atoms with E-state index in [4.69, 9.17) is 5.73 Å². The predicted molar refractivity (Wildman–Crippen MR) is 86.6 cm³/mol. The molecule has 1 saturated heterocycles. The molecule has 0 aliphatic carbocycles. The topological polar surface area (TPSA) is 29.3 Å². The Morgan fingerprint density at radius 3 is 2.25 bits per heavy atom. The highest BCUT2D eigenvalue weighted by Gasteiger charge is 2.40. The van der Waals surface area contributed by atoms with Gasteiger partial charge in [-0.3, -0.25) is 4.90 Å². The molecule has 1 heterocycles. The summed E-state index contributed by atoms with van der Waals surface area (Å²) in [5.74, 6) is 0.608. The number of hydrogen-bond donors (Lipinski definition) is 1. The van der Waals surface area contributed by atoms with E-state index in [1.807, 2.05) is 0 Å². The van der Waals surface area contributed by atoms with Crippen LogP contribution in [0, 0.1) is 5.92 Å². The Morgan fingerprint density at radius 2 is 1.75 bits per heavy atom. The summed E-state index contributed by atoms with van der Waals surface area (Å²) in [6, 6.07) is 11.2. The van der Waals surface area contributed by atoms with Crippen molar-refractivity contribution >= 4 is 0 Å². The second kappa shape index (κ2) is 6.73. The van der Waals surface area contributed by atoms with Crippen LogP contribution in [0.25, 0.3) is 0 Å². The van der Waals surface area contributed by atoms with Gasteiger partial charge in [-0.15, -0.1) is 0 Å². The molecule has 0 amide bonds. The fourth-order valence-electron chi connectivity index (χ4n) is 3.87. The zero-order chi connectivity index (χ0) is 14.6. The van der Waals surface area contributed by atoms with Crippen LogP contribution in [0.2, 0.25) is 0 Å².